The van der Waals surface area contributed by atoms with Crippen LogP contribution in [0.3, 0.4) is 0 Å². The SMILES string of the molecule is C[n+]1cc2c(c3ccccc31)Nc1cc(OCCN3CCOCC3)ccc1S2. The van der Waals surface area contributed by atoms with Gasteiger partial charge in [-0.2, -0.15) is 4.57 Å². The molecule has 2 aliphatic heterocycles. The number of hydrogen-bond donors (Lipinski definition) is 1. The van der Waals surface area contributed by atoms with Crippen molar-refractivity contribution in [3.8, 4) is 5.75 Å². The molecule has 0 radical (unpaired) electrons. The first-order valence-corrected chi connectivity index (χ1v) is 10.5. The summed E-state index contributed by atoms with van der Waals surface area (Å²) in [6, 6.07) is 14.8. The van der Waals surface area contributed by atoms with Gasteiger partial charge in [-0.25, -0.2) is 0 Å². The van der Waals surface area contributed by atoms with Crippen molar-refractivity contribution in [2.24, 2.45) is 7.05 Å². The molecule has 2 aromatic carbocycles. The first-order valence-electron chi connectivity index (χ1n) is 9.71. The number of rotatable bonds is 4. The molecule has 3 heterocycles. The molecule has 1 N–H and O–H groups in total. The zero-order valence-electron chi connectivity index (χ0n) is 16.0. The van der Waals surface area contributed by atoms with E-state index < -0.39 is 0 Å². The van der Waals surface area contributed by atoms with Gasteiger partial charge >= 0.3 is 0 Å². The molecule has 1 fully saturated rings. The maximum atomic E-state index is 6.03. The average Bonchev–Trinajstić information content (AvgIpc) is 2.74. The minimum Gasteiger partial charge on any atom is -0.492 e. The van der Waals surface area contributed by atoms with Gasteiger partial charge in [0, 0.05) is 36.7 Å². The van der Waals surface area contributed by atoms with E-state index >= 15 is 0 Å². The van der Waals surface area contributed by atoms with E-state index in [4.69, 9.17) is 9.47 Å². The summed E-state index contributed by atoms with van der Waals surface area (Å²) in [6.45, 7) is 5.27. The molecule has 5 rings (SSSR count). The van der Waals surface area contributed by atoms with Crippen molar-refractivity contribution < 1.29 is 14.0 Å². The Balaban J connectivity index is 1.35. The van der Waals surface area contributed by atoms with Crippen LogP contribution in [0.4, 0.5) is 11.4 Å². The number of aromatic nitrogens is 1. The predicted molar refractivity (Wildman–Crippen MR) is 112 cm³/mol. The van der Waals surface area contributed by atoms with E-state index in [1.807, 2.05) is 0 Å². The van der Waals surface area contributed by atoms with Crippen LogP contribution in [0.25, 0.3) is 10.9 Å². The highest BCUT2D eigenvalue weighted by Crippen LogP contribution is 2.46. The molecule has 5 nitrogen and oxygen atoms in total. The van der Waals surface area contributed by atoms with Crippen LogP contribution in [0.2, 0.25) is 0 Å². The number of nitrogens with one attached hydrogen (secondary N) is 1. The van der Waals surface area contributed by atoms with Crippen molar-refractivity contribution in [3.05, 3.63) is 48.7 Å². The summed E-state index contributed by atoms with van der Waals surface area (Å²) in [6.07, 6.45) is 2.20. The molecule has 144 valence electrons. The number of aryl methyl sites for hydroxylation is 1. The molecule has 0 unspecified atom stereocenters. The predicted octanol–water partition coefficient (Wildman–Crippen LogP) is 3.58. The Morgan fingerprint density at radius 3 is 2.89 bits per heavy atom. The zero-order chi connectivity index (χ0) is 18.9. The lowest BCUT2D eigenvalue weighted by molar-refractivity contribution is -0.646. The summed E-state index contributed by atoms with van der Waals surface area (Å²) >= 11 is 1.81. The normalized spacial score (nSPS) is 16.3. The molecule has 3 aromatic rings. The molecule has 0 aliphatic carbocycles. The highest BCUT2D eigenvalue weighted by Gasteiger charge is 2.23. The Bertz CT molecular complexity index is 1020. The molecular weight excluding hydrogens is 370 g/mol. The van der Waals surface area contributed by atoms with Gasteiger partial charge < -0.3 is 14.8 Å². The van der Waals surface area contributed by atoms with E-state index in [0.717, 1.165) is 44.3 Å². The van der Waals surface area contributed by atoms with Gasteiger partial charge in [-0.15, -0.1) is 0 Å². The molecule has 6 heteroatoms. The summed E-state index contributed by atoms with van der Waals surface area (Å²) < 4.78 is 13.6. The largest absolute Gasteiger partial charge is 0.492 e. The Morgan fingerprint density at radius 2 is 2.00 bits per heavy atom. The maximum Gasteiger partial charge on any atom is 0.214 e. The number of anilines is 2. The van der Waals surface area contributed by atoms with Crippen molar-refractivity contribution >= 4 is 34.0 Å². The first-order chi connectivity index (χ1) is 13.8. The molecule has 0 saturated carbocycles. The fourth-order valence-electron chi connectivity index (χ4n) is 3.80. The van der Waals surface area contributed by atoms with Crippen LogP contribution in [0.5, 0.6) is 5.75 Å². The number of fused-ring (bicyclic) bond motifs is 4. The molecular formula is C22H24N3O2S+. The second kappa shape index (κ2) is 7.62. The molecule has 0 atom stereocenters. The average molecular weight is 395 g/mol. The number of pyridine rings is 1. The Morgan fingerprint density at radius 1 is 1.14 bits per heavy atom. The highest BCUT2D eigenvalue weighted by atomic mass is 32.2. The van der Waals surface area contributed by atoms with Gasteiger partial charge in [-0.1, -0.05) is 23.9 Å². The number of morpholine rings is 1. The van der Waals surface area contributed by atoms with Crippen LogP contribution >= 0.6 is 11.8 Å². The fraction of sp³-hybridized carbons (Fsp3) is 0.318. The van der Waals surface area contributed by atoms with Crippen LogP contribution in [0, 0.1) is 0 Å². The standard InChI is InChI=1S/C22H23N3O2S/c1-24-15-21-22(17-4-2-3-5-19(17)24)23-18-14-16(6-7-20(18)28-21)27-13-10-25-8-11-26-12-9-25/h2-7,14-15H,8-13H2,1H3/p+1. The monoisotopic (exact) mass is 394 g/mol. The minimum atomic E-state index is 0.696. The van der Waals surface area contributed by atoms with Crippen molar-refractivity contribution in [1.29, 1.82) is 0 Å². The van der Waals surface area contributed by atoms with Gasteiger partial charge in [0.25, 0.3) is 0 Å². The first kappa shape index (κ1) is 17.8. The van der Waals surface area contributed by atoms with Gasteiger partial charge in [-0.3, -0.25) is 4.90 Å². The quantitative estimate of drug-likeness (QED) is 0.536. The van der Waals surface area contributed by atoms with Gasteiger partial charge in [0.15, 0.2) is 6.20 Å². The maximum absolute atomic E-state index is 6.03. The minimum absolute atomic E-state index is 0.696. The Kier molecular flexibility index (Phi) is 4.84. The fourth-order valence-corrected chi connectivity index (χ4v) is 4.86. The van der Waals surface area contributed by atoms with Crippen molar-refractivity contribution in [2.75, 3.05) is 44.8 Å². The second-order valence-electron chi connectivity index (χ2n) is 7.18. The zero-order valence-corrected chi connectivity index (χ0v) is 16.8. The molecule has 1 aromatic heterocycles. The van der Waals surface area contributed by atoms with E-state index in [-0.39, 0.29) is 0 Å². The molecule has 0 spiro atoms. The summed E-state index contributed by atoms with van der Waals surface area (Å²) in [5.41, 5.74) is 3.51. The highest BCUT2D eigenvalue weighted by molar-refractivity contribution is 7.99. The summed E-state index contributed by atoms with van der Waals surface area (Å²) in [7, 11) is 2.10. The Labute approximate surface area is 169 Å². The summed E-state index contributed by atoms with van der Waals surface area (Å²) in [4.78, 5) is 4.86. The van der Waals surface area contributed by atoms with Crippen LogP contribution in [-0.4, -0.2) is 44.4 Å². The lowest BCUT2D eigenvalue weighted by Crippen LogP contribution is -2.38. The number of para-hydroxylation sites is 1. The van der Waals surface area contributed by atoms with E-state index in [0.29, 0.717) is 6.61 Å². The molecule has 0 amide bonds. The van der Waals surface area contributed by atoms with E-state index in [2.05, 4.69) is 70.5 Å². The van der Waals surface area contributed by atoms with Crippen molar-refractivity contribution in [3.63, 3.8) is 0 Å². The van der Waals surface area contributed by atoms with Crippen LogP contribution in [0.15, 0.2) is 58.5 Å². The van der Waals surface area contributed by atoms with Gasteiger partial charge in [-0.05, 0) is 18.2 Å². The lowest BCUT2D eigenvalue weighted by atomic mass is 10.1. The molecule has 0 bridgehead atoms. The topological polar surface area (TPSA) is 37.6 Å². The van der Waals surface area contributed by atoms with Crippen LogP contribution in [-0.2, 0) is 11.8 Å². The van der Waals surface area contributed by atoms with Gasteiger partial charge in [0.1, 0.15) is 24.3 Å². The third-order valence-corrected chi connectivity index (χ3v) is 6.43. The van der Waals surface area contributed by atoms with Crippen LogP contribution in [0.1, 0.15) is 0 Å². The molecule has 1 saturated heterocycles. The molecule has 28 heavy (non-hydrogen) atoms. The lowest BCUT2D eigenvalue weighted by Gasteiger charge is -2.26. The van der Waals surface area contributed by atoms with E-state index in [9.17, 15) is 0 Å². The number of ether oxygens (including phenoxy) is 2. The second-order valence-corrected chi connectivity index (χ2v) is 8.27. The molecule has 2 aliphatic rings. The number of benzene rings is 2. The number of hydrogen-bond acceptors (Lipinski definition) is 5. The number of nitrogens with zero attached hydrogens (tertiary/aromatic N) is 2. The van der Waals surface area contributed by atoms with Crippen LogP contribution < -0.4 is 14.6 Å². The van der Waals surface area contributed by atoms with E-state index in [1.165, 1.54) is 26.4 Å². The summed E-state index contributed by atoms with van der Waals surface area (Å²) in [5.74, 6) is 0.911. The van der Waals surface area contributed by atoms with Crippen molar-refractivity contribution in [1.82, 2.24) is 4.90 Å². The third kappa shape index (κ3) is 3.43. The third-order valence-electron chi connectivity index (χ3n) is 5.32. The summed E-state index contributed by atoms with van der Waals surface area (Å²) in [5, 5.41) is 4.89. The van der Waals surface area contributed by atoms with E-state index in [1.54, 1.807) is 11.8 Å². The van der Waals surface area contributed by atoms with Crippen molar-refractivity contribution in [2.45, 2.75) is 9.79 Å². The Hall–Kier alpha value is -2.28. The van der Waals surface area contributed by atoms with Gasteiger partial charge in [0.2, 0.25) is 5.52 Å². The smallest absolute Gasteiger partial charge is 0.214 e. The van der Waals surface area contributed by atoms with Gasteiger partial charge in [0.05, 0.1) is 30.0 Å².